The molecule has 0 amide bonds. The summed E-state index contributed by atoms with van der Waals surface area (Å²) in [4.78, 5) is 33.1. The highest BCUT2D eigenvalue weighted by atomic mass is 32.2. The van der Waals surface area contributed by atoms with Crippen LogP contribution in [0.5, 0.6) is 0 Å². The Labute approximate surface area is 116 Å². The third-order valence-electron chi connectivity index (χ3n) is 2.51. The molecule has 0 fully saturated rings. The minimum absolute atomic E-state index is 0.00356. The maximum Gasteiger partial charge on any atom is 0.320 e. The second-order valence-corrected chi connectivity index (χ2v) is 6.25. The Morgan fingerprint density at radius 2 is 1.74 bits per heavy atom. The number of nitrogens with two attached hydrogens (primary N) is 1. The predicted molar refractivity (Wildman–Crippen MR) is 73.2 cm³/mol. The minimum Gasteiger partial charge on any atom is -0.481 e. The van der Waals surface area contributed by atoms with Gasteiger partial charge in [0.1, 0.15) is 11.8 Å². The first kappa shape index (κ1) is 17.9. The summed E-state index contributed by atoms with van der Waals surface area (Å²) in [6.45, 7) is 3.91. The molecule has 0 aliphatic carbocycles. The summed E-state index contributed by atoms with van der Waals surface area (Å²) in [6.07, 6.45) is -0.0250. The summed E-state index contributed by atoms with van der Waals surface area (Å²) >= 11 is 1.49. The molecule has 0 aromatic carbocycles. The van der Waals surface area contributed by atoms with Crippen molar-refractivity contribution in [3.05, 3.63) is 0 Å². The van der Waals surface area contributed by atoms with Gasteiger partial charge in [-0.2, -0.15) is 11.8 Å². The van der Waals surface area contributed by atoms with Crippen LogP contribution in [-0.2, 0) is 14.4 Å². The lowest BCUT2D eigenvalue weighted by Gasteiger charge is -2.13. The monoisotopic (exact) mass is 291 g/mol. The molecule has 0 heterocycles. The molecule has 0 aliphatic rings. The van der Waals surface area contributed by atoms with Gasteiger partial charge in [0.2, 0.25) is 0 Å². The second-order valence-electron chi connectivity index (χ2n) is 4.64. The molecule has 0 bridgehead atoms. The number of rotatable bonds is 10. The second kappa shape index (κ2) is 8.92. The standard InChI is InChI=1S/C12H21NO5S/c1-7(2)19-6-8(11(15)16)5-9(14)3-4-10(13)12(17)18/h7-8,10H,3-6,13H2,1-2H3,(H,15,16)(H,17,18)/t8-,10?/m0/s1. The highest BCUT2D eigenvalue weighted by Gasteiger charge is 2.22. The van der Waals surface area contributed by atoms with E-state index in [1.165, 1.54) is 11.8 Å². The molecule has 0 aliphatic heterocycles. The number of carbonyl (C=O) groups excluding carboxylic acids is 1. The fourth-order valence-electron chi connectivity index (χ4n) is 1.34. The topological polar surface area (TPSA) is 118 Å². The zero-order chi connectivity index (χ0) is 15.0. The number of ketones is 1. The normalized spacial score (nSPS) is 14.1. The quantitative estimate of drug-likeness (QED) is 0.549. The van der Waals surface area contributed by atoms with Crippen molar-refractivity contribution in [1.29, 1.82) is 0 Å². The number of aliphatic carboxylic acids is 2. The highest BCUT2D eigenvalue weighted by molar-refractivity contribution is 7.99. The third kappa shape index (κ3) is 8.61. The third-order valence-corrected chi connectivity index (χ3v) is 3.77. The molecule has 0 saturated heterocycles. The van der Waals surface area contributed by atoms with E-state index >= 15 is 0 Å². The lowest BCUT2D eigenvalue weighted by atomic mass is 10.0. The van der Waals surface area contributed by atoms with E-state index in [-0.39, 0.29) is 25.0 Å². The fourth-order valence-corrected chi connectivity index (χ4v) is 2.22. The molecule has 19 heavy (non-hydrogen) atoms. The van der Waals surface area contributed by atoms with Crippen LogP contribution in [0.2, 0.25) is 0 Å². The van der Waals surface area contributed by atoms with Crippen LogP contribution in [0.3, 0.4) is 0 Å². The number of hydrogen-bond acceptors (Lipinski definition) is 5. The van der Waals surface area contributed by atoms with E-state index in [4.69, 9.17) is 15.9 Å². The Bertz CT molecular complexity index is 332. The van der Waals surface area contributed by atoms with Gasteiger partial charge in [-0.25, -0.2) is 0 Å². The van der Waals surface area contributed by atoms with E-state index in [9.17, 15) is 14.4 Å². The number of carboxylic acids is 2. The SMILES string of the molecule is CC(C)SC[C@H](CC(=O)CCC(N)C(=O)O)C(=O)O. The fraction of sp³-hybridized carbons (Fsp3) is 0.750. The molecule has 0 aromatic rings. The van der Waals surface area contributed by atoms with Crippen molar-refractivity contribution < 1.29 is 24.6 Å². The number of thioether (sulfide) groups is 1. The molecule has 6 nitrogen and oxygen atoms in total. The lowest BCUT2D eigenvalue weighted by Crippen LogP contribution is -2.31. The molecule has 0 spiro atoms. The van der Waals surface area contributed by atoms with Gasteiger partial charge in [-0.1, -0.05) is 13.8 Å². The Morgan fingerprint density at radius 1 is 1.16 bits per heavy atom. The van der Waals surface area contributed by atoms with E-state index in [1.807, 2.05) is 13.8 Å². The zero-order valence-electron chi connectivity index (χ0n) is 11.2. The van der Waals surface area contributed by atoms with Gasteiger partial charge in [-0.05, 0) is 11.7 Å². The van der Waals surface area contributed by atoms with Crippen molar-refractivity contribution in [1.82, 2.24) is 0 Å². The van der Waals surface area contributed by atoms with Crippen LogP contribution in [0.4, 0.5) is 0 Å². The minimum atomic E-state index is -1.15. The van der Waals surface area contributed by atoms with Gasteiger partial charge < -0.3 is 15.9 Å². The van der Waals surface area contributed by atoms with Crippen LogP contribution in [0.15, 0.2) is 0 Å². The van der Waals surface area contributed by atoms with Crippen LogP contribution < -0.4 is 5.73 Å². The van der Waals surface area contributed by atoms with E-state index < -0.39 is 23.9 Å². The molecule has 0 saturated carbocycles. The molecule has 0 radical (unpaired) electrons. The number of carbonyl (C=O) groups is 3. The summed E-state index contributed by atoms with van der Waals surface area (Å²) in [5.74, 6) is -2.75. The van der Waals surface area contributed by atoms with Crippen molar-refractivity contribution in [2.24, 2.45) is 11.7 Å². The number of hydrogen-bond donors (Lipinski definition) is 3. The Kier molecular flexibility index (Phi) is 8.42. The van der Waals surface area contributed by atoms with Gasteiger partial charge >= 0.3 is 11.9 Å². The van der Waals surface area contributed by atoms with E-state index in [2.05, 4.69) is 0 Å². The average molecular weight is 291 g/mol. The first-order valence-corrected chi connectivity index (χ1v) is 7.13. The van der Waals surface area contributed by atoms with Crippen molar-refractivity contribution in [2.45, 2.75) is 44.4 Å². The van der Waals surface area contributed by atoms with E-state index in [0.717, 1.165) is 0 Å². The van der Waals surface area contributed by atoms with Crippen LogP contribution in [0, 0.1) is 5.92 Å². The van der Waals surface area contributed by atoms with Crippen LogP contribution in [-0.4, -0.2) is 45.0 Å². The van der Waals surface area contributed by atoms with Gasteiger partial charge in [-0.15, -0.1) is 0 Å². The van der Waals surface area contributed by atoms with Gasteiger partial charge in [0.05, 0.1) is 5.92 Å². The van der Waals surface area contributed by atoms with Gasteiger partial charge in [-0.3, -0.25) is 14.4 Å². The molecule has 4 N–H and O–H groups in total. The van der Waals surface area contributed by atoms with Crippen molar-refractivity contribution >= 4 is 29.5 Å². The maximum absolute atomic E-state index is 11.6. The first-order chi connectivity index (χ1) is 8.73. The van der Waals surface area contributed by atoms with Crippen molar-refractivity contribution in [3.8, 4) is 0 Å². The van der Waals surface area contributed by atoms with Crippen molar-refractivity contribution in [3.63, 3.8) is 0 Å². The van der Waals surface area contributed by atoms with E-state index in [0.29, 0.717) is 11.0 Å². The van der Waals surface area contributed by atoms with Crippen LogP contribution in [0.1, 0.15) is 33.1 Å². The van der Waals surface area contributed by atoms with Gasteiger partial charge in [0.25, 0.3) is 0 Å². The number of Topliss-reactive ketones (excluding diaryl/α,β-unsaturated/α-hetero) is 1. The van der Waals surface area contributed by atoms with Gasteiger partial charge in [0.15, 0.2) is 0 Å². The molecule has 2 atom stereocenters. The number of carboxylic acid groups (broad SMARTS) is 2. The van der Waals surface area contributed by atoms with E-state index in [1.54, 1.807) is 0 Å². The average Bonchev–Trinajstić information content (AvgIpc) is 2.30. The van der Waals surface area contributed by atoms with Crippen LogP contribution in [0.25, 0.3) is 0 Å². The zero-order valence-corrected chi connectivity index (χ0v) is 12.0. The molecule has 0 aromatic heterocycles. The summed E-state index contributed by atoms with van der Waals surface area (Å²) in [5, 5.41) is 17.9. The Hall–Kier alpha value is -1.08. The summed E-state index contributed by atoms with van der Waals surface area (Å²) in [5.41, 5.74) is 5.28. The predicted octanol–water partition coefficient (Wildman–Crippen LogP) is 0.980. The lowest BCUT2D eigenvalue weighted by molar-refractivity contribution is -0.143. The molecule has 110 valence electrons. The molecule has 1 unspecified atom stereocenters. The van der Waals surface area contributed by atoms with Gasteiger partial charge in [0, 0.05) is 18.6 Å². The summed E-state index contributed by atoms with van der Waals surface area (Å²) < 4.78 is 0. The molecule has 0 rings (SSSR count). The van der Waals surface area contributed by atoms with Crippen molar-refractivity contribution in [2.75, 3.05) is 5.75 Å². The summed E-state index contributed by atoms with van der Waals surface area (Å²) in [6, 6.07) is -1.07. The Balaban J connectivity index is 4.17. The largest absolute Gasteiger partial charge is 0.481 e. The Morgan fingerprint density at radius 3 is 2.16 bits per heavy atom. The smallest absolute Gasteiger partial charge is 0.320 e. The molecule has 7 heteroatoms. The molecular formula is C12H21NO5S. The first-order valence-electron chi connectivity index (χ1n) is 6.08. The maximum atomic E-state index is 11.6. The molecular weight excluding hydrogens is 270 g/mol. The highest BCUT2D eigenvalue weighted by Crippen LogP contribution is 2.18. The summed E-state index contributed by atoms with van der Waals surface area (Å²) in [7, 11) is 0. The van der Waals surface area contributed by atoms with Crippen LogP contribution >= 0.6 is 11.8 Å².